The Morgan fingerprint density at radius 2 is 1.75 bits per heavy atom. The summed E-state index contributed by atoms with van der Waals surface area (Å²) in [5.41, 5.74) is 9.59. The third-order valence-electron chi connectivity index (χ3n) is 3.95. The van der Waals surface area contributed by atoms with E-state index in [-0.39, 0.29) is 5.56 Å². The van der Waals surface area contributed by atoms with Gasteiger partial charge >= 0.3 is 5.97 Å². The van der Waals surface area contributed by atoms with Crippen molar-refractivity contribution in [2.45, 2.75) is 5.75 Å². The van der Waals surface area contributed by atoms with Gasteiger partial charge < -0.3 is 10.8 Å². The summed E-state index contributed by atoms with van der Waals surface area (Å²) in [7, 11) is 0. The summed E-state index contributed by atoms with van der Waals surface area (Å²) in [5.74, 6) is -0.227. The lowest BCUT2D eigenvalue weighted by Gasteiger charge is -2.06. The second kappa shape index (κ2) is 9.53. The Labute approximate surface area is 167 Å². The van der Waals surface area contributed by atoms with Crippen LogP contribution < -0.4 is 5.73 Å². The summed E-state index contributed by atoms with van der Waals surface area (Å²) in [4.78, 5) is 11.4. The van der Waals surface area contributed by atoms with E-state index < -0.39 is 5.97 Å². The molecule has 0 aromatic heterocycles. The molecule has 3 aromatic carbocycles. The summed E-state index contributed by atoms with van der Waals surface area (Å²) in [6, 6.07) is 24.4. The Hall–Kier alpha value is -3.38. The summed E-state index contributed by atoms with van der Waals surface area (Å²) in [6.07, 6.45) is 1.60. The van der Waals surface area contributed by atoms with Gasteiger partial charge in [-0.25, -0.2) is 4.79 Å². The minimum atomic E-state index is -0.956. The summed E-state index contributed by atoms with van der Waals surface area (Å²) >= 11 is 1.42. The minimum Gasteiger partial charge on any atom is -0.478 e. The lowest BCUT2D eigenvalue weighted by atomic mass is 9.98. The number of aromatic carboxylic acids is 1. The number of carboxylic acids is 1. The molecule has 0 saturated heterocycles. The van der Waals surface area contributed by atoms with Crippen LogP contribution in [-0.4, -0.2) is 22.5 Å². The topological polar surface area (TPSA) is 88.0 Å². The Morgan fingerprint density at radius 1 is 1.00 bits per heavy atom. The van der Waals surface area contributed by atoms with Gasteiger partial charge in [0.1, 0.15) is 0 Å². The zero-order valence-electron chi connectivity index (χ0n) is 15.0. The third kappa shape index (κ3) is 5.31. The number of nitrogens with two attached hydrogens (primary N) is 1. The Morgan fingerprint density at radius 3 is 2.54 bits per heavy atom. The van der Waals surface area contributed by atoms with Crippen LogP contribution >= 0.6 is 11.8 Å². The highest BCUT2D eigenvalue weighted by Crippen LogP contribution is 2.24. The first kappa shape index (κ1) is 19.4. The number of nitrogens with zero attached hydrogens (tertiary/aromatic N) is 2. The van der Waals surface area contributed by atoms with Crippen molar-refractivity contribution in [1.82, 2.24) is 0 Å². The highest BCUT2D eigenvalue weighted by Gasteiger charge is 2.10. The van der Waals surface area contributed by atoms with E-state index in [2.05, 4.69) is 10.2 Å². The van der Waals surface area contributed by atoms with Crippen LogP contribution in [0.25, 0.3) is 11.1 Å². The third-order valence-corrected chi connectivity index (χ3v) is 4.80. The van der Waals surface area contributed by atoms with E-state index in [0.717, 1.165) is 16.9 Å². The fourth-order valence-corrected chi connectivity index (χ4v) is 3.23. The molecule has 3 N–H and O–H groups in total. The molecule has 0 aliphatic carbocycles. The fourth-order valence-electron chi connectivity index (χ4n) is 2.62. The Balaban J connectivity index is 1.70. The molecule has 0 unspecified atom stereocenters. The van der Waals surface area contributed by atoms with Crippen molar-refractivity contribution in [3.8, 4) is 11.1 Å². The van der Waals surface area contributed by atoms with E-state index in [4.69, 9.17) is 5.73 Å². The van der Waals surface area contributed by atoms with Gasteiger partial charge in [0.15, 0.2) is 5.17 Å². The molecule has 0 atom stereocenters. The van der Waals surface area contributed by atoms with Gasteiger partial charge in [0.25, 0.3) is 0 Å². The van der Waals surface area contributed by atoms with Crippen LogP contribution in [0.4, 0.5) is 0 Å². The van der Waals surface area contributed by atoms with Gasteiger partial charge in [-0.1, -0.05) is 78.5 Å². The first-order chi connectivity index (χ1) is 13.6. The van der Waals surface area contributed by atoms with Crippen LogP contribution in [0.1, 0.15) is 21.5 Å². The molecule has 0 bridgehead atoms. The first-order valence-electron chi connectivity index (χ1n) is 8.59. The van der Waals surface area contributed by atoms with Gasteiger partial charge in [0.2, 0.25) is 0 Å². The number of rotatable bonds is 6. The summed E-state index contributed by atoms with van der Waals surface area (Å²) < 4.78 is 0. The quantitative estimate of drug-likeness (QED) is 0.365. The van der Waals surface area contributed by atoms with Crippen LogP contribution in [0.2, 0.25) is 0 Å². The van der Waals surface area contributed by atoms with Crippen molar-refractivity contribution in [2.75, 3.05) is 0 Å². The second-order valence-corrected chi connectivity index (χ2v) is 6.93. The van der Waals surface area contributed by atoms with Crippen molar-refractivity contribution in [3.05, 3.63) is 95.6 Å². The van der Waals surface area contributed by atoms with Crippen molar-refractivity contribution < 1.29 is 9.90 Å². The summed E-state index contributed by atoms with van der Waals surface area (Å²) in [5, 5.41) is 17.8. The lowest BCUT2D eigenvalue weighted by molar-refractivity contribution is 0.0697. The molecule has 0 saturated carbocycles. The first-order valence-corrected chi connectivity index (χ1v) is 9.58. The maximum atomic E-state index is 11.4. The molecule has 6 heteroatoms. The zero-order valence-corrected chi connectivity index (χ0v) is 15.8. The van der Waals surface area contributed by atoms with Crippen LogP contribution in [0.5, 0.6) is 0 Å². The number of carboxylic acid groups (broad SMARTS) is 1. The number of hydrogen-bond acceptors (Lipinski definition) is 4. The summed E-state index contributed by atoms with van der Waals surface area (Å²) in [6.45, 7) is 0. The molecule has 28 heavy (non-hydrogen) atoms. The number of hydrogen-bond donors (Lipinski definition) is 2. The van der Waals surface area contributed by atoms with Crippen molar-refractivity contribution >= 4 is 29.1 Å². The van der Waals surface area contributed by atoms with Gasteiger partial charge in [0, 0.05) is 5.75 Å². The van der Waals surface area contributed by atoms with Gasteiger partial charge in [-0.3, -0.25) is 0 Å². The van der Waals surface area contributed by atoms with Gasteiger partial charge in [-0.2, -0.15) is 5.10 Å². The van der Waals surface area contributed by atoms with Crippen LogP contribution in [0.3, 0.4) is 0 Å². The smallest absolute Gasteiger partial charge is 0.336 e. The molecule has 3 aromatic rings. The average Bonchev–Trinajstić information content (AvgIpc) is 2.73. The molecule has 0 aliphatic heterocycles. The van der Waals surface area contributed by atoms with Crippen molar-refractivity contribution in [1.29, 1.82) is 0 Å². The molecular weight excluding hydrogens is 370 g/mol. The van der Waals surface area contributed by atoms with E-state index in [1.807, 2.05) is 60.7 Å². The SMILES string of the molecule is NC(=NN=Cc1cccc(-c2ccccc2C(=O)O)c1)SCc1ccccc1. The zero-order chi connectivity index (χ0) is 19.8. The van der Waals surface area contributed by atoms with E-state index >= 15 is 0 Å². The van der Waals surface area contributed by atoms with E-state index in [1.54, 1.807) is 24.4 Å². The Bertz CT molecular complexity index is 1020. The molecule has 0 heterocycles. The van der Waals surface area contributed by atoms with Crippen molar-refractivity contribution in [3.63, 3.8) is 0 Å². The molecule has 0 aliphatic rings. The minimum absolute atomic E-state index is 0.260. The molecule has 0 fully saturated rings. The predicted molar refractivity (Wildman–Crippen MR) is 116 cm³/mol. The molecule has 140 valence electrons. The van der Waals surface area contributed by atoms with Crippen molar-refractivity contribution in [2.24, 2.45) is 15.9 Å². The van der Waals surface area contributed by atoms with Crippen LogP contribution in [0.15, 0.2) is 89.1 Å². The number of carbonyl (C=O) groups is 1. The normalized spacial score (nSPS) is 11.6. The fraction of sp³-hybridized carbons (Fsp3) is 0.0455. The van der Waals surface area contributed by atoms with Crippen LogP contribution in [0, 0.1) is 0 Å². The maximum absolute atomic E-state index is 11.4. The Kier molecular flexibility index (Phi) is 6.59. The molecule has 0 radical (unpaired) electrons. The standard InChI is InChI=1S/C22H19N3O2S/c23-22(28-15-16-7-2-1-3-8-16)25-24-14-17-9-6-10-18(13-17)19-11-4-5-12-20(19)21(26)27/h1-14H,15H2,(H2,23,25)(H,26,27). The number of benzene rings is 3. The molecule has 0 amide bonds. The monoisotopic (exact) mass is 389 g/mol. The highest BCUT2D eigenvalue weighted by atomic mass is 32.2. The van der Waals surface area contributed by atoms with Gasteiger partial charge in [-0.15, -0.1) is 5.10 Å². The number of amidine groups is 1. The lowest BCUT2D eigenvalue weighted by Crippen LogP contribution is -2.06. The van der Waals surface area contributed by atoms with E-state index in [9.17, 15) is 9.90 Å². The number of thioether (sulfide) groups is 1. The molecular formula is C22H19N3O2S. The highest BCUT2D eigenvalue weighted by molar-refractivity contribution is 8.13. The average molecular weight is 389 g/mol. The van der Waals surface area contributed by atoms with Crippen LogP contribution in [-0.2, 0) is 5.75 Å². The van der Waals surface area contributed by atoms with Gasteiger partial charge in [-0.05, 0) is 34.4 Å². The largest absolute Gasteiger partial charge is 0.478 e. The molecule has 0 spiro atoms. The maximum Gasteiger partial charge on any atom is 0.336 e. The predicted octanol–water partition coefficient (Wildman–Crippen LogP) is 4.63. The second-order valence-electron chi connectivity index (χ2n) is 5.93. The molecule has 5 nitrogen and oxygen atoms in total. The molecule has 3 rings (SSSR count). The van der Waals surface area contributed by atoms with E-state index in [0.29, 0.717) is 10.7 Å². The van der Waals surface area contributed by atoms with Gasteiger partial charge in [0.05, 0.1) is 11.8 Å². The van der Waals surface area contributed by atoms with E-state index in [1.165, 1.54) is 17.3 Å².